The molecule has 6 nitrogen and oxygen atoms in total. The van der Waals surface area contributed by atoms with Crippen LogP contribution in [0.2, 0.25) is 0 Å². The summed E-state index contributed by atoms with van der Waals surface area (Å²) in [6.07, 6.45) is 2.61. The largest absolute Gasteiger partial charge is 0.496 e. The van der Waals surface area contributed by atoms with Crippen molar-refractivity contribution in [2.24, 2.45) is 0 Å². The summed E-state index contributed by atoms with van der Waals surface area (Å²) in [7, 11) is 1.55. The Hall–Kier alpha value is -3.33. The molecule has 0 unspecified atom stereocenters. The number of allylic oxidation sites excluding steroid dienone is 2. The summed E-state index contributed by atoms with van der Waals surface area (Å²) < 4.78 is 11.3. The van der Waals surface area contributed by atoms with Crippen LogP contribution in [0.4, 0.5) is 5.69 Å². The van der Waals surface area contributed by atoms with Crippen LogP contribution in [0.3, 0.4) is 0 Å². The smallest absolute Gasteiger partial charge is 0.219 e. The molecule has 2 heterocycles. The predicted molar refractivity (Wildman–Crippen MR) is 102 cm³/mol. The Morgan fingerprint density at radius 3 is 2.78 bits per heavy atom. The van der Waals surface area contributed by atoms with Gasteiger partial charge in [0, 0.05) is 28.9 Å². The predicted octanol–water partition coefficient (Wildman–Crippen LogP) is 3.70. The minimum Gasteiger partial charge on any atom is -0.496 e. The maximum absolute atomic E-state index is 12.0. The minimum atomic E-state index is -0.407. The number of carbonyl (C=O) groups is 1. The number of carbonyl (C=O) groups excluding carboxylic acids is 1. The number of hydrogen-bond donors (Lipinski definition) is 1. The number of aryl methyl sites for hydroxylation is 1. The molecular formula is C21H21N3O3. The number of anilines is 1. The maximum atomic E-state index is 12.0. The molecule has 27 heavy (non-hydrogen) atoms. The van der Waals surface area contributed by atoms with Crippen LogP contribution in [0.15, 0.2) is 35.7 Å². The third kappa shape index (κ3) is 3.13. The Morgan fingerprint density at radius 1 is 1.37 bits per heavy atom. The van der Waals surface area contributed by atoms with Crippen molar-refractivity contribution in [3.8, 4) is 17.7 Å². The molecule has 138 valence electrons. The number of methoxy groups -OCH3 is 1. The number of rotatable bonds is 5. The van der Waals surface area contributed by atoms with Crippen LogP contribution in [0, 0.1) is 18.3 Å². The summed E-state index contributed by atoms with van der Waals surface area (Å²) in [4.78, 5) is 16.4. The fourth-order valence-corrected chi connectivity index (χ4v) is 3.42. The van der Waals surface area contributed by atoms with Gasteiger partial charge in [-0.15, -0.1) is 0 Å². The van der Waals surface area contributed by atoms with Crippen molar-refractivity contribution in [3.63, 3.8) is 0 Å². The average molecular weight is 363 g/mol. The lowest BCUT2D eigenvalue weighted by atomic mass is 9.80. The zero-order valence-corrected chi connectivity index (χ0v) is 15.8. The van der Waals surface area contributed by atoms with E-state index >= 15 is 0 Å². The van der Waals surface area contributed by atoms with Crippen molar-refractivity contribution in [2.75, 3.05) is 19.0 Å². The Kier molecular flexibility index (Phi) is 5.13. The molecule has 0 amide bonds. The van der Waals surface area contributed by atoms with E-state index in [1.165, 1.54) is 0 Å². The van der Waals surface area contributed by atoms with Gasteiger partial charge in [-0.2, -0.15) is 5.26 Å². The third-order valence-electron chi connectivity index (χ3n) is 4.70. The van der Waals surface area contributed by atoms with Gasteiger partial charge in [-0.1, -0.05) is 6.07 Å². The summed E-state index contributed by atoms with van der Waals surface area (Å²) in [5.74, 6) is 0.618. The normalized spacial score (nSPS) is 15.4. The standard InChI is InChI=1S/C21H21N3O3/c1-5-27-21-19-18(15-7-6-14(9-22)8-17(15)26-4)16(11-25)13(3)24-20(19)12(2)10-23-21/h6-8,10-11,18,24H,5H2,1-4H3/t18-/m1/s1. The number of aldehydes is 1. The highest BCUT2D eigenvalue weighted by atomic mass is 16.5. The van der Waals surface area contributed by atoms with E-state index in [-0.39, 0.29) is 0 Å². The van der Waals surface area contributed by atoms with E-state index < -0.39 is 5.92 Å². The number of nitrogens with one attached hydrogen (secondary N) is 1. The van der Waals surface area contributed by atoms with Gasteiger partial charge in [0.15, 0.2) is 0 Å². The Labute approximate surface area is 158 Å². The first-order chi connectivity index (χ1) is 13.0. The van der Waals surface area contributed by atoms with Gasteiger partial charge in [-0.3, -0.25) is 4.79 Å². The van der Waals surface area contributed by atoms with Crippen LogP contribution in [-0.4, -0.2) is 25.0 Å². The number of nitriles is 1. The maximum Gasteiger partial charge on any atom is 0.219 e. The van der Waals surface area contributed by atoms with E-state index in [1.54, 1.807) is 25.4 Å². The number of hydrogen-bond acceptors (Lipinski definition) is 6. The molecule has 1 aliphatic heterocycles. The second-order valence-corrected chi connectivity index (χ2v) is 6.29. The number of ether oxygens (including phenoxy) is 2. The Balaban J connectivity index is 2.34. The first-order valence-corrected chi connectivity index (χ1v) is 8.68. The molecule has 1 atom stereocenters. The first-order valence-electron chi connectivity index (χ1n) is 8.68. The molecule has 0 fully saturated rings. The molecule has 3 rings (SSSR count). The highest BCUT2D eigenvalue weighted by Gasteiger charge is 2.34. The van der Waals surface area contributed by atoms with Crippen LogP contribution in [0.25, 0.3) is 0 Å². The van der Waals surface area contributed by atoms with E-state index in [4.69, 9.17) is 9.47 Å². The zero-order chi connectivity index (χ0) is 19.6. The van der Waals surface area contributed by atoms with Crippen molar-refractivity contribution in [1.82, 2.24) is 4.98 Å². The van der Waals surface area contributed by atoms with Gasteiger partial charge in [0.25, 0.3) is 0 Å². The zero-order valence-electron chi connectivity index (χ0n) is 15.8. The molecule has 0 radical (unpaired) electrons. The molecule has 0 saturated heterocycles. The SMILES string of the molecule is CCOc1ncc(C)c2c1[C@H](c1ccc(C#N)cc1OC)C(C=O)=C(C)N2. The van der Waals surface area contributed by atoms with Crippen LogP contribution >= 0.6 is 0 Å². The molecular weight excluding hydrogens is 342 g/mol. The van der Waals surface area contributed by atoms with Gasteiger partial charge >= 0.3 is 0 Å². The molecule has 6 heteroatoms. The van der Waals surface area contributed by atoms with Crippen LogP contribution in [-0.2, 0) is 4.79 Å². The lowest BCUT2D eigenvalue weighted by molar-refractivity contribution is -0.105. The van der Waals surface area contributed by atoms with Gasteiger partial charge in [0.1, 0.15) is 12.0 Å². The summed E-state index contributed by atoms with van der Waals surface area (Å²) in [5.41, 5.74) is 5.26. The molecule has 0 spiro atoms. The highest BCUT2D eigenvalue weighted by molar-refractivity contribution is 5.86. The van der Waals surface area contributed by atoms with E-state index in [2.05, 4.69) is 16.4 Å². The number of aromatic nitrogens is 1. The summed E-state index contributed by atoms with van der Waals surface area (Å²) in [6, 6.07) is 7.34. The van der Waals surface area contributed by atoms with E-state index in [9.17, 15) is 10.1 Å². The van der Waals surface area contributed by atoms with Crippen molar-refractivity contribution >= 4 is 12.0 Å². The highest BCUT2D eigenvalue weighted by Crippen LogP contribution is 2.48. The third-order valence-corrected chi connectivity index (χ3v) is 4.70. The lowest BCUT2D eigenvalue weighted by Gasteiger charge is -2.31. The molecule has 2 aromatic rings. The van der Waals surface area contributed by atoms with Crippen molar-refractivity contribution in [2.45, 2.75) is 26.7 Å². The van der Waals surface area contributed by atoms with Crippen LogP contribution < -0.4 is 14.8 Å². The minimum absolute atomic E-state index is 0.407. The van der Waals surface area contributed by atoms with Crippen molar-refractivity contribution < 1.29 is 14.3 Å². The topological polar surface area (TPSA) is 84.2 Å². The second kappa shape index (κ2) is 7.50. The Morgan fingerprint density at radius 2 is 2.15 bits per heavy atom. The molecule has 1 aromatic carbocycles. The second-order valence-electron chi connectivity index (χ2n) is 6.29. The van der Waals surface area contributed by atoms with Gasteiger partial charge in [0.2, 0.25) is 5.88 Å². The summed E-state index contributed by atoms with van der Waals surface area (Å²) in [5, 5.41) is 12.5. The van der Waals surface area contributed by atoms with Crippen LogP contribution in [0.5, 0.6) is 11.6 Å². The number of benzene rings is 1. The van der Waals surface area contributed by atoms with Gasteiger partial charge in [-0.25, -0.2) is 4.98 Å². The molecule has 0 saturated carbocycles. The average Bonchev–Trinajstić information content (AvgIpc) is 2.69. The number of pyridine rings is 1. The molecule has 1 N–H and O–H groups in total. The number of fused-ring (bicyclic) bond motifs is 1. The van der Waals surface area contributed by atoms with E-state index in [0.717, 1.165) is 34.4 Å². The number of nitrogens with zero attached hydrogens (tertiary/aromatic N) is 2. The van der Waals surface area contributed by atoms with Crippen LogP contribution in [0.1, 0.15) is 42.0 Å². The molecule has 1 aliphatic rings. The molecule has 1 aromatic heterocycles. The lowest BCUT2D eigenvalue weighted by Crippen LogP contribution is -2.21. The summed E-state index contributed by atoms with van der Waals surface area (Å²) in [6.45, 7) is 6.18. The fraction of sp³-hybridized carbons (Fsp3) is 0.286. The van der Waals surface area contributed by atoms with Gasteiger partial charge < -0.3 is 14.8 Å². The Bertz CT molecular complexity index is 973. The quantitative estimate of drug-likeness (QED) is 0.816. The molecule has 0 aliphatic carbocycles. The van der Waals surface area contributed by atoms with Gasteiger partial charge in [0.05, 0.1) is 36.6 Å². The molecule has 0 bridgehead atoms. The summed E-state index contributed by atoms with van der Waals surface area (Å²) >= 11 is 0. The van der Waals surface area contributed by atoms with Crippen molar-refractivity contribution in [3.05, 3.63) is 57.9 Å². The first kappa shape index (κ1) is 18.5. The van der Waals surface area contributed by atoms with Crippen molar-refractivity contribution in [1.29, 1.82) is 5.26 Å². The fourth-order valence-electron chi connectivity index (χ4n) is 3.42. The van der Waals surface area contributed by atoms with Gasteiger partial charge in [-0.05, 0) is 38.5 Å². The van der Waals surface area contributed by atoms with E-state index in [1.807, 2.05) is 26.8 Å². The van der Waals surface area contributed by atoms with E-state index in [0.29, 0.717) is 29.4 Å². The monoisotopic (exact) mass is 363 g/mol.